The number of ether oxygens (including phenoxy) is 3. The Hall–Kier alpha value is -2.19. The summed E-state index contributed by atoms with van der Waals surface area (Å²) >= 11 is 6.90. The lowest BCUT2D eigenvalue weighted by atomic mass is 10.1. The Morgan fingerprint density at radius 1 is 1.38 bits per heavy atom. The van der Waals surface area contributed by atoms with Crippen molar-refractivity contribution in [2.75, 3.05) is 13.9 Å². The van der Waals surface area contributed by atoms with Crippen LogP contribution in [0.3, 0.4) is 0 Å². The van der Waals surface area contributed by atoms with Crippen molar-refractivity contribution in [1.82, 2.24) is 4.90 Å². The Kier molecular flexibility index (Phi) is 4.42. The first-order chi connectivity index (χ1) is 11.4. The number of halogens is 1. The number of carbonyl (C=O) groups excluding carboxylic acids is 3. The summed E-state index contributed by atoms with van der Waals surface area (Å²) in [5, 5.41) is -0.187. The largest absolute Gasteiger partial charge is 0.467 e. The van der Waals surface area contributed by atoms with Crippen LogP contribution >= 0.6 is 23.4 Å². The molecule has 1 unspecified atom stereocenters. The van der Waals surface area contributed by atoms with E-state index in [0.717, 1.165) is 16.7 Å². The molecule has 24 heavy (non-hydrogen) atoms. The second kappa shape index (κ2) is 6.37. The number of amides is 2. The van der Waals surface area contributed by atoms with Crippen LogP contribution in [0.25, 0.3) is 6.08 Å². The van der Waals surface area contributed by atoms with Gasteiger partial charge < -0.3 is 14.2 Å². The highest BCUT2D eigenvalue weighted by molar-refractivity contribution is 8.18. The first kappa shape index (κ1) is 16.7. The minimum atomic E-state index is -0.999. The summed E-state index contributed by atoms with van der Waals surface area (Å²) in [7, 11) is 1.19. The number of fused-ring (bicyclic) bond motifs is 1. The molecule has 3 rings (SSSR count). The molecule has 0 saturated carbocycles. The lowest BCUT2D eigenvalue weighted by Gasteiger charge is -2.18. The van der Waals surface area contributed by atoms with Gasteiger partial charge in [0, 0.05) is 6.07 Å². The van der Waals surface area contributed by atoms with E-state index in [4.69, 9.17) is 21.1 Å². The Bertz CT molecular complexity index is 777. The number of nitrogens with zero attached hydrogens (tertiary/aromatic N) is 1. The van der Waals surface area contributed by atoms with Gasteiger partial charge in [0.15, 0.2) is 11.5 Å². The van der Waals surface area contributed by atoms with Gasteiger partial charge in [-0.1, -0.05) is 11.6 Å². The van der Waals surface area contributed by atoms with Crippen molar-refractivity contribution in [2.24, 2.45) is 0 Å². The maximum Gasteiger partial charge on any atom is 0.328 e. The summed E-state index contributed by atoms with van der Waals surface area (Å²) in [6, 6.07) is 2.21. The van der Waals surface area contributed by atoms with Crippen molar-refractivity contribution in [1.29, 1.82) is 0 Å². The number of esters is 1. The molecule has 0 aromatic heterocycles. The fraction of sp³-hybridized carbons (Fsp3) is 0.267. The molecule has 0 aliphatic carbocycles. The molecule has 0 bridgehead atoms. The molecule has 0 radical (unpaired) electrons. The third kappa shape index (κ3) is 2.83. The van der Waals surface area contributed by atoms with E-state index >= 15 is 0 Å². The van der Waals surface area contributed by atoms with Gasteiger partial charge in [-0.15, -0.1) is 0 Å². The van der Waals surface area contributed by atoms with Crippen molar-refractivity contribution in [2.45, 2.75) is 13.0 Å². The van der Waals surface area contributed by atoms with Crippen LogP contribution in [0.1, 0.15) is 12.5 Å². The SMILES string of the molecule is COC(=O)C(C)N1C(=O)SC(=Cc2cc3c(cc2Cl)OCO3)C1=O. The summed E-state index contributed by atoms with van der Waals surface area (Å²) in [6.07, 6.45) is 1.49. The van der Waals surface area contributed by atoms with E-state index in [1.165, 1.54) is 20.1 Å². The molecule has 1 fully saturated rings. The van der Waals surface area contributed by atoms with Crippen LogP contribution in [0.4, 0.5) is 4.79 Å². The van der Waals surface area contributed by atoms with E-state index in [1.807, 2.05) is 0 Å². The Balaban J connectivity index is 1.91. The molecule has 1 saturated heterocycles. The number of benzene rings is 1. The quantitative estimate of drug-likeness (QED) is 0.598. The lowest BCUT2D eigenvalue weighted by molar-refractivity contribution is -0.148. The molecule has 0 N–H and O–H groups in total. The molecular formula is C15H12ClNO6S. The smallest absolute Gasteiger partial charge is 0.328 e. The highest BCUT2D eigenvalue weighted by atomic mass is 35.5. The number of hydrogen-bond donors (Lipinski definition) is 0. The van der Waals surface area contributed by atoms with Gasteiger partial charge in [0.2, 0.25) is 6.79 Å². The lowest BCUT2D eigenvalue weighted by Crippen LogP contribution is -2.42. The molecule has 2 aliphatic rings. The molecule has 1 aromatic rings. The Labute approximate surface area is 146 Å². The van der Waals surface area contributed by atoms with Gasteiger partial charge in [-0.05, 0) is 36.4 Å². The van der Waals surface area contributed by atoms with Crippen LogP contribution in [-0.2, 0) is 14.3 Å². The van der Waals surface area contributed by atoms with Gasteiger partial charge in [0.1, 0.15) is 6.04 Å². The fourth-order valence-corrected chi connectivity index (χ4v) is 3.38. The van der Waals surface area contributed by atoms with Gasteiger partial charge in [0.25, 0.3) is 11.1 Å². The van der Waals surface area contributed by atoms with Crippen molar-refractivity contribution in [3.8, 4) is 11.5 Å². The molecule has 9 heteroatoms. The summed E-state index contributed by atoms with van der Waals surface area (Å²) in [6.45, 7) is 1.53. The van der Waals surface area contributed by atoms with Crippen LogP contribution in [0, 0.1) is 0 Å². The summed E-state index contributed by atoms with van der Waals surface area (Å²) in [5.74, 6) is -0.214. The van der Waals surface area contributed by atoms with Gasteiger partial charge in [-0.2, -0.15) is 0 Å². The first-order valence-electron chi connectivity index (χ1n) is 6.86. The van der Waals surface area contributed by atoms with Gasteiger partial charge in [-0.25, -0.2) is 4.79 Å². The number of hydrogen-bond acceptors (Lipinski definition) is 7. The van der Waals surface area contributed by atoms with Crippen molar-refractivity contribution >= 4 is 46.6 Å². The third-order valence-corrected chi connectivity index (χ3v) is 4.74. The molecule has 7 nitrogen and oxygen atoms in total. The average Bonchev–Trinajstić information content (AvgIpc) is 3.10. The number of rotatable bonds is 3. The fourth-order valence-electron chi connectivity index (χ4n) is 2.27. The van der Waals surface area contributed by atoms with E-state index in [2.05, 4.69) is 4.74 Å². The standard InChI is InChI=1S/C15H12ClNO6S/c1-7(14(19)21-2)17-13(18)12(24-15(17)20)4-8-3-10-11(5-9(8)16)23-6-22-10/h3-5,7H,6H2,1-2H3. The van der Waals surface area contributed by atoms with E-state index in [0.29, 0.717) is 22.1 Å². The van der Waals surface area contributed by atoms with Crippen molar-refractivity contribution in [3.05, 3.63) is 27.6 Å². The third-order valence-electron chi connectivity index (χ3n) is 3.53. The molecule has 2 heterocycles. The predicted molar refractivity (Wildman–Crippen MR) is 86.9 cm³/mol. The molecule has 0 spiro atoms. The number of carbonyl (C=O) groups is 3. The summed E-state index contributed by atoms with van der Waals surface area (Å²) in [5.41, 5.74) is 0.511. The van der Waals surface area contributed by atoms with Gasteiger partial charge in [-0.3, -0.25) is 14.5 Å². The van der Waals surface area contributed by atoms with Crippen LogP contribution in [-0.4, -0.2) is 42.0 Å². The monoisotopic (exact) mass is 369 g/mol. The Morgan fingerprint density at radius 2 is 2.04 bits per heavy atom. The highest BCUT2D eigenvalue weighted by Gasteiger charge is 2.41. The van der Waals surface area contributed by atoms with E-state index in [1.54, 1.807) is 12.1 Å². The molecule has 1 aromatic carbocycles. The first-order valence-corrected chi connectivity index (χ1v) is 8.06. The number of methoxy groups -OCH3 is 1. The average molecular weight is 370 g/mol. The number of imide groups is 1. The minimum Gasteiger partial charge on any atom is -0.467 e. The van der Waals surface area contributed by atoms with Gasteiger partial charge >= 0.3 is 5.97 Å². The Morgan fingerprint density at radius 3 is 2.71 bits per heavy atom. The van der Waals surface area contributed by atoms with E-state index in [-0.39, 0.29) is 11.7 Å². The minimum absolute atomic E-state index is 0.0995. The maximum atomic E-state index is 12.4. The molecule has 126 valence electrons. The van der Waals surface area contributed by atoms with Crippen molar-refractivity contribution in [3.63, 3.8) is 0 Å². The van der Waals surface area contributed by atoms with Crippen LogP contribution in [0.5, 0.6) is 11.5 Å². The normalized spacial score (nSPS) is 19.1. The highest BCUT2D eigenvalue weighted by Crippen LogP contribution is 2.40. The zero-order valence-electron chi connectivity index (χ0n) is 12.7. The molecule has 2 amide bonds. The van der Waals surface area contributed by atoms with E-state index < -0.39 is 23.2 Å². The second-order valence-electron chi connectivity index (χ2n) is 4.98. The summed E-state index contributed by atoms with van der Waals surface area (Å²) < 4.78 is 15.1. The molecular weight excluding hydrogens is 358 g/mol. The number of thioether (sulfide) groups is 1. The second-order valence-corrected chi connectivity index (χ2v) is 6.38. The van der Waals surface area contributed by atoms with Crippen LogP contribution < -0.4 is 9.47 Å². The van der Waals surface area contributed by atoms with Crippen molar-refractivity contribution < 1.29 is 28.6 Å². The molecule has 2 aliphatic heterocycles. The van der Waals surface area contributed by atoms with Crippen LogP contribution in [0.15, 0.2) is 17.0 Å². The zero-order chi connectivity index (χ0) is 17.4. The maximum absolute atomic E-state index is 12.4. The van der Waals surface area contributed by atoms with E-state index in [9.17, 15) is 14.4 Å². The predicted octanol–water partition coefficient (Wildman–Crippen LogP) is 2.67. The van der Waals surface area contributed by atoms with Crippen LogP contribution in [0.2, 0.25) is 5.02 Å². The molecule has 1 atom stereocenters. The topological polar surface area (TPSA) is 82.1 Å². The van der Waals surface area contributed by atoms with Gasteiger partial charge in [0.05, 0.1) is 17.0 Å². The zero-order valence-corrected chi connectivity index (χ0v) is 14.3. The summed E-state index contributed by atoms with van der Waals surface area (Å²) in [4.78, 5) is 37.1.